The molecule has 0 aliphatic carbocycles. The third-order valence-electron chi connectivity index (χ3n) is 1.24. The zero-order valence-corrected chi connectivity index (χ0v) is 6.31. The number of aromatic nitrogens is 2. The molecule has 1 aromatic heterocycles. The Morgan fingerprint density at radius 1 is 1.78 bits per heavy atom. The molecule has 2 nitrogen and oxygen atoms in total. The number of hydrogen-bond donors (Lipinski definition) is 0. The highest BCUT2D eigenvalue weighted by atomic mass is 35.5. The van der Waals surface area contributed by atoms with E-state index in [1.54, 1.807) is 4.68 Å². The largest absolute Gasteiger partial charge is 0.275 e. The van der Waals surface area contributed by atoms with Gasteiger partial charge < -0.3 is 0 Å². The maximum Gasteiger partial charge on any atom is 0.0801 e. The SMILES string of the molecule is Cc1cn(C)nc1CCl. The average Bonchev–Trinajstić information content (AvgIpc) is 2.10. The van der Waals surface area contributed by atoms with Crippen LogP contribution in [-0.2, 0) is 12.9 Å². The molecular formula is C6H9ClN2. The summed E-state index contributed by atoms with van der Waals surface area (Å²) in [5, 5.41) is 4.11. The molecule has 1 heterocycles. The molecule has 0 spiro atoms. The summed E-state index contributed by atoms with van der Waals surface area (Å²) in [6.45, 7) is 2.00. The Hall–Kier alpha value is -0.500. The molecule has 0 N–H and O–H groups in total. The fraction of sp³-hybridized carbons (Fsp3) is 0.500. The molecule has 0 bridgehead atoms. The maximum absolute atomic E-state index is 5.57. The van der Waals surface area contributed by atoms with Crippen LogP contribution in [0.2, 0.25) is 0 Å². The topological polar surface area (TPSA) is 17.8 Å². The van der Waals surface area contributed by atoms with Crippen molar-refractivity contribution in [2.45, 2.75) is 12.8 Å². The van der Waals surface area contributed by atoms with E-state index in [-0.39, 0.29) is 0 Å². The maximum atomic E-state index is 5.57. The Morgan fingerprint density at radius 3 is 2.67 bits per heavy atom. The van der Waals surface area contributed by atoms with Crippen LogP contribution in [0.5, 0.6) is 0 Å². The third-order valence-corrected chi connectivity index (χ3v) is 1.49. The number of halogens is 1. The van der Waals surface area contributed by atoms with Gasteiger partial charge in [-0.2, -0.15) is 5.10 Å². The van der Waals surface area contributed by atoms with Gasteiger partial charge >= 0.3 is 0 Å². The molecule has 0 radical (unpaired) electrons. The predicted molar refractivity (Wildman–Crippen MR) is 37.5 cm³/mol. The fourth-order valence-electron chi connectivity index (χ4n) is 0.785. The third kappa shape index (κ3) is 1.24. The summed E-state index contributed by atoms with van der Waals surface area (Å²) < 4.78 is 1.77. The van der Waals surface area contributed by atoms with Crippen LogP contribution in [-0.4, -0.2) is 9.78 Å². The molecule has 0 aliphatic rings. The molecule has 0 aliphatic heterocycles. The molecule has 0 saturated heterocycles. The second-order valence-electron chi connectivity index (χ2n) is 2.07. The molecule has 0 fully saturated rings. The van der Waals surface area contributed by atoms with E-state index in [0.717, 1.165) is 11.3 Å². The predicted octanol–water partition coefficient (Wildman–Crippen LogP) is 1.47. The molecular weight excluding hydrogens is 136 g/mol. The van der Waals surface area contributed by atoms with Gasteiger partial charge in [-0.3, -0.25) is 4.68 Å². The minimum Gasteiger partial charge on any atom is -0.275 e. The van der Waals surface area contributed by atoms with Crippen LogP contribution in [0.4, 0.5) is 0 Å². The number of aryl methyl sites for hydroxylation is 2. The van der Waals surface area contributed by atoms with Crippen LogP contribution in [0.3, 0.4) is 0 Å². The lowest BCUT2D eigenvalue weighted by Gasteiger charge is -1.84. The first-order valence-electron chi connectivity index (χ1n) is 2.79. The van der Waals surface area contributed by atoms with Crippen molar-refractivity contribution in [3.05, 3.63) is 17.5 Å². The number of nitrogens with zero attached hydrogens (tertiary/aromatic N) is 2. The number of alkyl halides is 1. The van der Waals surface area contributed by atoms with Gasteiger partial charge in [0.2, 0.25) is 0 Å². The molecule has 3 heteroatoms. The summed E-state index contributed by atoms with van der Waals surface area (Å²) in [6, 6.07) is 0. The summed E-state index contributed by atoms with van der Waals surface area (Å²) in [7, 11) is 1.89. The van der Waals surface area contributed by atoms with Gasteiger partial charge in [0.1, 0.15) is 0 Å². The van der Waals surface area contributed by atoms with Crippen LogP contribution in [0.1, 0.15) is 11.3 Å². The van der Waals surface area contributed by atoms with E-state index in [4.69, 9.17) is 11.6 Å². The normalized spacial score (nSPS) is 10.1. The van der Waals surface area contributed by atoms with Crippen molar-refractivity contribution < 1.29 is 0 Å². The summed E-state index contributed by atoms with van der Waals surface area (Å²) in [4.78, 5) is 0. The van der Waals surface area contributed by atoms with Crippen LogP contribution in [0.15, 0.2) is 6.20 Å². The van der Waals surface area contributed by atoms with Gasteiger partial charge in [0.15, 0.2) is 0 Å². The quantitative estimate of drug-likeness (QED) is 0.546. The van der Waals surface area contributed by atoms with Crippen molar-refractivity contribution in [2.24, 2.45) is 7.05 Å². The minimum atomic E-state index is 0.507. The molecule has 0 aromatic carbocycles. The van der Waals surface area contributed by atoms with Gasteiger partial charge in [0, 0.05) is 13.2 Å². The minimum absolute atomic E-state index is 0.507. The van der Waals surface area contributed by atoms with Gasteiger partial charge in [-0.25, -0.2) is 0 Å². The number of rotatable bonds is 1. The van der Waals surface area contributed by atoms with Crippen LogP contribution in [0, 0.1) is 6.92 Å². The van der Waals surface area contributed by atoms with E-state index in [2.05, 4.69) is 5.10 Å². The second kappa shape index (κ2) is 2.40. The van der Waals surface area contributed by atoms with Gasteiger partial charge in [-0.1, -0.05) is 0 Å². The van der Waals surface area contributed by atoms with Crippen LogP contribution in [0.25, 0.3) is 0 Å². The average molecular weight is 145 g/mol. The van der Waals surface area contributed by atoms with Crippen molar-refractivity contribution in [2.75, 3.05) is 0 Å². The second-order valence-corrected chi connectivity index (χ2v) is 2.33. The smallest absolute Gasteiger partial charge is 0.0801 e. The highest BCUT2D eigenvalue weighted by Crippen LogP contribution is 2.05. The van der Waals surface area contributed by atoms with Crippen LogP contribution >= 0.6 is 11.6 Å². The summed E-state index contributed by atoms with van der Waals surface area (Å²) in [5.41, 5.74) is 2.13. The standard InChI is InChI=1S/C6H9ClN2/c1-5-4-9(2)8-6(5)3-7/h4H,3H2,1-2H3. The zero-order valence-electron chi connectivity index (χ0n) is 5.56. The Labute approximate surface area is 59.4 Å². The van der Waals surface area contributed by atoms with Crippen molar-refractivity contribution >= 4 is 11.6 Å². The van der Waals surface area contributed by atoms with E-state index in [9.17, 15) is 0 Å². The highest BCUT2D eigenvalue weighted by Gasteiger charge is 1.98. The first-order valence-corrected chi connectivity index (χ1v) is 3.32. The van der Waals surface area contributed by atoms with Crippen molar-refractivity contribution in [3.8, 4) is 0 Å². The van der Waals surface area contributed by atoms with E-state index >= 15 is 0 Å². The molecule has 0 saturated carbocycles. The van der Waals surface area contributed by atoms with Gasteiger partial charge in [-0.15, -0.1) is 11.6 Å². The van der Waals surface area contributed by atoms with Crippen molar-refractivity contribution in [1.82, 2.24) is 9.78 Å². The summed E-state index contributed by atoms with van der Waals surface area (Å²) >= 11 is 5.57. The van der Waals surface area contributed by atoms with E-state index in [1.165, 1.54) is 0 Å². The first-order chi connectivity index (χ1) is 4.24. The van der Waals surface area contributed by atoms with Gasteiger partial charge in [-0.05, 0) is 12.5 Å². The fourth-order valence-corrected chi connectivity index (χ4v) is 1.05. The van der Waals surface area contributed by atoms with Crippen LogP contribution < -0.4 is 0 Å². The molecule has 1 aromatic rings. The lowest BCUT2D eigenvalue weighted by Crippen LogP contribution is -1.88. The van der Waals surface area contributed by atoms with Crippen molar-refractivity contribution in [1.29, 1.82) is 0 Å². The first kappa shape index (κ1) is 6.62. The summed E-state index contributed by atoms with van der Waals surface area (Å²) in [5.74, 6) is 0.507. The zero-order chi connectivity index (χ0) is 6.85. The molecule has 0 atom stereocenters. The lowest BCUT2D eigenvalue weighted by atomic mass is 10.3. The Bertz CT molecular complexity index is 205. The number of hydrogen-bond acceptors (Lipinski definition) is 1. The highest BCUT2D eigenvalue weighted by molar-refractivity contribution is 6.16. The molecule has 0 amide bonds. The Morgan fingerprint density at radius 2 is 2.44 bits per heavy atom. The lowest BCUT2D eigenvalue weighted by molar-refractivity contribution is 0.754. The van der Waals surface area contributed by atoms with Gasteiger partial charge in [0.05, 0.1) is 11.6 Å². The Balaban J connectivity index is 3.01. The van der Waals surface area contributed by atoms with E-state index in [0.29, 0.717) is 5.88 Å². The Kier molecular flexibility index (Phi) is 1.76. The van der Waals surface area contributed by atoms with Gasteiger partial charge in [0.25, 0.3) is 0 Å². The molecule has 50 valence electrons. The van der Waals surface area contributed by atoms with E-state index in [1.807, 2.05) is 20.2 Å². The molecule has 9 heavy (non-hydrogen) atoms. The monoisotopic (exact) mass is 144 g/mol. The van der Waals surface area contributed by atoms with Crippen molar-refractivity contribution in [3.63, 3.8) is 0 Å². The summed E-state index contributed by atoms with van der Waals surface area (Å²) in [6.07, 6.45) is 1.96. The van der Waals surface area contributed by atoms with E-state index < -0.39 is 0 Å². The molecule has 1 rings (SSSR count). The molecule has 0 unspecified atom stereocenters.